The minimum atomic E-state index is -1.55. The molecule has 0 aliphatic carbocycles. The summed E-state index contributed by atoms with van der Waals surface area (Å²) in [6, 6.07) is 14.5. The standard InChI is InChI=1S/C21H19N3O5/c1-13(25)17(11-14-7-3-2-4-8-14)22-18(26)12-24-20(27)16-10-6-5-9-15(16)19(23-24)21(28)29/h2-10,17H,11-12H2,1H3,(H,22,26)(H,28,29)/p-1/t17-/m0/s1. The lowest BCUT2D eigenvalue weighted by molar-refractivity contribution is -0.255. The third kappa shape index (κ3) is 4.55. The maximum atomic E-state index is 12.6. The molecule has 2 aromatic carbocycles. The van der Waals surface area contributed by atoms with E-state index in [9.17, 15) is 24.3 Å². The molecule has 0 aliphatic heterocycles. The van der Waals surface area contributed by atoms with Gasteiger partial charge in [-0.25, -0.2) is 4.68 Å². The van der Waals surface area contributed by atoms with Crippen molar-refractivity contribution in [3.05, 3.63) is 76.2 Å². The quantitative estimate of drug-likeness (QED) is 0.608. The number of hydrogen-bond donors (Lipinski definition) is 1. The molecule has 0 saturated carbocycles. The number of amides is 1. The fourth-order valence-electron chi connectivity index (χ4n) is 3.02. The highest BCUT2D eigenvalue weighted by Crippen LogP contribution is 2.12. The molecule has 0 unspecified atom stereocenters. The van der Waals surface area contributed by atoms with E-state index in [4.69, 9.17) is 0 Å². The minimum absolute atomic E-state index is 0.113. The van der Waals surface area contributed by atoms with Crippen molar-refractivity contribution in [2.24, 2.45) is 0 Å². The van der Waals surface area contributed by atoms with Gasteiger partial charge in [0, 0.05) is 5.39 Å². The van der Waals surface area contributed by atoms with Crippen LogP contribution in [0.25, 0.3) is 10.8 Å². The molecule has 0 fully saturated rings. The number of carboxylic acid groups (broad SMARTS) is 1. The Bertz CT molecular complexity index is 1140. The zero-order chi connectivity index (χ0) is 21.0. The molecule has 0 saturated heterocycles. The molecule has 0 aliphatic rings. The number of carbonyl (C=O) groups excluding carboxylic acids is 3. The van der Waals surface area contributed by atoms with Crippen LogP contribution in [0.4, 0.5) is 0 Å². The summed E-state index contributed by atoms with van der Waals surface area (Å²) in [6.07, 6.45) is 0.298. The predicted octanol–water partition coefficient (Wildman–Crippen LogP) is 0.0765. The Hall–Kier alpha value is -3.81. The molecule has 29 heavy (non-hydrogen) atoms. The van der Waals surface area contributed by atoms with Gasteiger partial charge in [0.25, 0.3) is 5.56 Å². The van der Waals surface area contributed by atoms with Crippen LogP contribution in [0.2, 0.25) is 0 Å². The van der Waals surface area contributed by atoms with Crippen LogP contribution in [-0.2, 0) is 22.6 Å². The number of aromatic nitrogens is 2. The monoisotopic (exact) mass is 392 g/mol. The fraction of sp³-hybridized carbons (Fsp3) is 0.190. The van der Waals surface area contributed by atoms with Crippen LogP contribution >= 0.6 is 0 Å². The number of ketones is 1. The maximum Gasteiger partial charge on any atom is 0.275 e. The van der Waals surface area contributed by atoms with Gasteiger partial charge in [0.05, 0.1) is 17.4 Å². The highest BCUT2D eigenvalue weighted by atomic mass is 16.4. The van der Waals surface area contributed by atoms with Gasteiger partial charge in [-0.3, -0.25) is 14.4 Å². The molecule has 1 heterocycles. The van der Waals surface area contributed by atoms with Crippen LogP contribution in [-0.4, -0.2) is 33.5 Å². The lowest BCUT2D eigenvalue weighted by Gasteiger charge is -2.17. The number of carbonyl (C=O) groups is 3. The van der Waals surface area contributed by atoms with Crippen molar-refractivity contribution < 1.29 is 19.5 Å². The Balaban J connectivity index is 1.85. The van der Waals surface area contributed by atoms with E-state index in [1.807, 2.05) is 30.3 Å². The largest absolute Gasteiger partial charge is 0.543 e. The van der Waals surface area contributed by atoms with Gasteiger partial charge in [0.1, 0.15) is 12.2 Å². The van der Waals surface area contributed by atoms with Crippen molar-refractivity contribution in [1.82, 2.24) is 15.1 Å². The van der Waals surface area contributed by atoms with Gasteiger partial charge in [-0.05, 0) is 25.0 Å². The van der Waals surface area contributed by atoms with Crippen molar-refractivity contribution in [3.8, 4) is 0 Å². The number of benzene rings is 2. The number of hydrogen-bond acceptors (Lipinski definition) is 6. The van der Waals surface area contributed by atoms with Crippen LogP contribution < -0.4 is 16.0 Å². The minimum Gasteiger partial charge on any atom is -0.543 e. The highest BCUT2D eigenvalue weighted by Gasteiger charge is 2.19. The molecule has 8 nitrogen and oxygen atoms in total. The van der Waals surface area contributed by atoms with E-state index in [-0.39, 0.29) is 16.6 Å². The molecule has 8 heteroatoms. The van der Waals surface area contributed by atoms with Crippen molar-refractivity contribution >= 4 is 28.4 Å². The van der Waals surface area contributed by atoms with Crippen LogP contribution in [0, 0.1) is 0 Å². The number of carboxylic acids is 1. The second kappa shape index (κ2) is 8.47. The van der Waals surface area contributed by atoms with E-state index in [1.54, 1.807) is 12.1 Å². The lowest BCUT2D eigenvalue weighted by atomic mass is 10.0. The van der Waals surface area contributed by atoms with Crippen LogP contribution in [0.3, 0.4) is 0 Å². The molecule has 0 bridgehead atoms. The Morgan fingerprint density at radius 1 is 1.03 bits per heavy atom. The third-order valence-corrected chi connectivity index (χ3v) is 4.46. The Morgan fingerprint density at radius 3 is 2.28 bits per heavy atom. The van der Waals surface area contributed by atoms with E-state index >= 15 is 0 Å². The molecular formula is C21H18N3O5-. The van der Waals surface area contributed by atoms with Gasteiger partial charge in [0.15, 0.2) is 5.78 Å². The molecule has 1 aromatic heterocycles. The van der Waals surface area contributed by atoms with Crippen LogP contribution in [0.15, 0.2) is 59.4 Å². The summed E-state index contributed by atoms with van der Waals surface area (Å²) in [5, 5.41) is 18.0. The van der Waals surface area contributed by atoms with Crippen molar-refractivity contribution in [1.29, 1.82) is 0 Å². The van der Waals surface area contributed by atoms with Crippen LogP contribution in [0.1, 0.15) is 23.0 Å². The second-order valence-electron chi connectivity index (χ2n) is 6.56. The average Bonchev–Trinajstić information content (AvgIpc) is 2.70. The number of rotatable bonds is 7. The summed E-state index contributed by atoms with van der Waals surface area (Å²) < 4.78 is 0.766. The number of Topliss-reactive ketones (excluding diaryl/α,β-unsaturated/α-hetero) is 1. The summed E-state index contributed by atoms with van der Waals surface area (Å²) in [5.41, 5.74) is -0.170. The molecule has 0 radical (unpaired) electrons. The normalized spacial score (nSPS) is 11.8. The molecular weight excluding hydrogens is 374 g/mol. The van der Waals surface area contributed by atoms with Crippen LogP contribution in [0.5, 0.6) is 0 Å². The van der Waals surface area contributed by atoms with Gasteiger partial charge in [-0.1, -0.05) is 48.5 Å². The van der Waals surface area contributed by atoms with Crippen molar-refractivity contribution in [2.75, 3.05) is 0 Å². The molecule has 3 aromatic rings. The summed E-state index contributed by atoms with van der Waals surface area (Å²) in [7, 11) is 0. The first-order valence-corrected chi connectivity index (χ1v) is 8.91. The maximum absolute atomic E-state index is 12.6. The Morgan fingerprint density at radius 2 is 1.66 bits per heavy atom. The zero-order valence-corrected chi connectivity index (χ0v) is 15.6. The number of aromatic carboxylic acids is 1. The lowest BCUT2D eigenvalue weighted by Crippen LogP contribution is -2.44. The smallest absolute Gasteiger partial charge is 0.275 e. The van der Waals surface area contributed by atoms with E-state index in [0.717, 1.165) is 10.2 Å². The van der Waals surface area contributed by atoms with Gasteiger partial charge < -0.3 is 15.2 Å². The predicted molar refractivity (Wildman–Crippen MR) is 103 cm³/mol. The Kier molecular flexibility index (Phi) is 5.82. The summed E-state index contributed by atoms with van der Waals surface area (Å²) >= 11 is 0. The van der Waals surface area contributed by atoms with Crippen molar-refractivity contribution in [3.63, 3.8) is 0 Å². The van der Waals surface area contributed by atoms with E-state index < -0.39 is 35.7 Å². The first-order chi connectivity index (χ1) is 13.9. The molecule has 1 N–H and O–H groups in total. The molecule has 1 amide bonds. The summed E-state index contributed by atoms with van der Waals surface area (Å²) in [5.74, 6) is -2.42. The fourth-order valence-corrected chi connectivity index (χ4v) is 3.02. The van der Waals surface area contributed by atoms with Gasteiger partial charge >= 0.3 is 0 Å². The zero-order valence-electron chi connectivity index (χ0n) is 15.6. The summed E-state index contributed by atoms with van der Waals surface area (Å²) in [6.45, 7) is 0.838. The molecule has 0 spiro atoms. The molecule has 3 rings (SSSR count). The molecule has 1 atom stereocenters. The average molecular weight is 392 g/mol. The van der Waals surface area contributed by atoms with E-state index in [1.165, 1.54) is 19.1 Å². The van der Waals surface area contributed by atoms with Gasteiger partial charge in [0.2, 0.25) is 5.91 Å². The SMILES string of the molecule is CC(=O)[C@H](Cc1ccccc1)NC(=O)Cn1nc(C(=O)[O-])c2ccccc2c1=O. The van der Waals surface area contributed by atoms with E-state index in [2.05, 4.69) is 10.4 Å². The van der Waals surface area contributed by atoms with E-state index in [0.29, 0.717) is 6.42 Å². The first kappa shape index (κ1) is 19.9. The van der Waals surface area contributed by atoms with Gasteiger partial charge in [-0.2, -0.15) is 5.10 Å². The highest BCUT2D eigenvalue weighted by molar-refractivity contribution is 6.00. The number of fused-ring (bicyclic) bond motifs is 1. The Labute approximate surface area is 165 Å². The number of nitrogens with one attached hydrogen (secondary N) is 1. The third-order valence-electron chi connectivity index (χ3n) is 4.46. The van der Waals surface area contributed by atoms with Gasteiger partial charge in [-0.15, -0.1) is 0 Å². The summed E-state index contributed by atoms with van der Waals surface area (Å²) in [4.78, 5) is 48.4. The second-order valence-corrected chi connectivity index (χ2v) is 6.56. The topological polar surface area (TPSA) is 121 Å². The van der Waals surface area contributed by atoms with Crippen molar-refractivity contribution in [2.45, 2.75) is 25.9 Å². The number of nitrogens with zero attached hydrogens (tertiary/aromatic N) is 2. The first-order valence-electron chi connectivity index (χ1n) is 8.91. The molecule has 148 valence electrons.